The molecule has 0 aliphatic rings. The maximum absolute atomic E-state index is 4.97. The molecule has 0 aliphatic carbocycles. The van der Waals surface area contributed by atoms with Crippen LogP contribution in [0, 0.1) is 4.77 Å². The topological polar surface area (TPSA) is 41.6 Å². The number of fused-ring (bicyclic) bond motifs is 2. The minimum atomic E-state index is 0.455. The van der Waals surface area contributed by atoms with Gasteiger partial charge in [0.25, 0.3) is 0 Å². The van der Waals surface area contributed by atoms with Crippen LogP contribution >= 0.6 is 28.1 Å². The Kier molecular flexibility index (Phi) is 2.22. The van der Waals surface area contributed by atoms with Gasteiger partial charge in [-0.25, -0.2) is 9.97 Å². The molecule has 16 heavy (non-hydrogen) atoms. The summed E-state index contributed by atoms with van der Waals surface area (Å²) in [5, 5.41) is 2.04. The lowest BCUT2D eigenvalue weighted by atomic mass is 10.2. The SMILES string of the molecule is S=c1ncc2cc3cc(Br)ccc3nc2[nH]1. The Hall–Kier alpha value is -1.33. The van der Waals surface area contributed by atoms with Gasteiger partial charge in [-0.2, -0.15) is 0 Å². The summed E-state index contributed by atoms with van der Waals surface area (Å²) < 4.78 is 1.49. The van der Waals surface area contributed by atoms with Crippen molar-refractivity contribution in [2.45, 2.75) is 0 Å². The molecular formula is C11H6BrN3S. The number of hydrogen-bond donors (Lipinski definition) is 1. The minimum Gasteiger partial charge on any atom is -0.315 e. The molecule has 2 aromatic heterocycles. The van der Waals surface area contributed by atoms with E-state index in [1.165, 1.54) is 0 Å². The summed E-state index contributed by atoms with van der Waals surface area (Å²) in [6.07, 6.45) is 1.74. The molecule has 0 bridgehead atoms. The van der Waals surface area contributed by atoms with Gasteiger partial charge in [-0.1, -0.05) is 15.9 Å². The Morgan fingerprint density at radius 2 is 2.06 bits per heavy atom. The van der Waals surface area contributed by atoms with Crippen LogP contribution in [0.3, 0.4) is 0 Å². The van der Waals surface area contributed by atoms with Crippen LogP contribution in [-0.2, 0) is 0 Å². The number of nitrogens with zero attached hydrogens (tertiary/aromatic N) is 2. The average molecular weight is 292 g/mol. The number of nitrogens with one attached hydrogen (secondary N) is 1. The fourth-order valence-corrected chi connectivity index (χ4v) is 2.15. The number of halogens is 1. The third kappa shape index (κ3) is 1.62. The molecule has 1 aromatic carbocycles. The molecule has 0 saturated heterocycles. The number of aromatic amines is 1. The van der Waals surface area contributed by atoms with Crippen molar-refractivity contribution in [3.8, 4) is 0 Å². The molecule has 78 valence electrons. The summed E-state index contributed by atoms with van der Waals surface area (Å²) in [4.78, 5) is 11.5. The van der Waals surface area contributed by atoms with Crippen LogP contribution in [0.4, 0.5) is 0 Å². The summed E-state index contributed by atoms with van der Waals surface area (Å²) in [5.74, 6) is 0. The molecule has 0 unspecified atom stereocenters. The first kappa shape index (κ1) is 9.86. The molecule has 0 saturated carbocycles. The lowest BCUT2D eigenvalue weighted by Crippen LogP contribution is -1.88. The minimum absolute atomic E-state index is 0.455. The maximum atomic E-state index is 4.97. The van der Waals surface area contributed by atoms with E-state index in [0.717, 1.165) is 26.4 Å². The van der Waals surface area contributed by atoms with Gasteiger partial charge in [0.05, 0.1) is 5.52 Å². The Morgan fingerprint density at radius 1 is 1.19 bits per heavy atom. The number of hydrogen-bond acceptors (Lipinski definition) is 3. The second-order valence-electron chi connectivity index (χ2n) is 3.45. The van der Waals surface area contributed by atoms with Crippen molar-refractivity contribution in [3.05, 3.63) is 39.7 Å². The molecule has 0 fully saturated rings. The van der Waals surface area contributed by atoms with E-state index in [0.29, 0.717) is 4.77 Å². The fourth-order valence-electron chi connectivity index (χ4n) is 1.62. The van der Waals surface area contributed by atoms with Gasteiger partial charge >= 0.3 is 0 Å². The van der Waals surface area contributed by atoms with E-state index >= 15 is 0 Å². The van der Waals surface area contributed by atoms with Crippen LogP contribution < -0.4 is 0 Å². The second-order valence-corrected chi connectivity index (χ2v) is 4.75. The van der Waals surface area contributed by atoms with Gasteiger partial charge in [-0.3, -0.25) is 0 Å². The van der Waals surface area contributed by atoms with Gasteiger partial charge in [0.15, 0.2) is 4.77 Å². The highest BCUT2D eigenvalue weighted by molar-refractivity contribution is 9.10. The molecule has 5 heteroatoms. The Balaban J connectivity index is 2.48. The quantitative estimate of drug-likeness (QED) is 0.508. The predicted molar refractivity (Wildman–Crippen MR) is 69.9 cm³/mol. The molecule has 0 aliphatic heterocycles. The molecule has 0 radical (unpaired) electrons. The van der Waals surface area contributed by atoms with Crippen molar-refractivity contribution in [2.75, 3.05) is 0 Å². The van der Waals surface area contributed by atoms with Crippen LogP contribution in [0.15, 0.2) is 34.9 Å². The number of H-pyrrole nitrogens is 1. The molecular weight excluding hydrogens is 286 g/mol. The van der Waals surface area contributed by atoms with Crippen molar-refractivity contribution in [1.29, 1.82) is 0 Å². The van der Waals surface area contributed by atoms with Gasteiger partial charge in [0.1, 0.15) is 5.65 Å². The average Bonchev–Trinajstić information content (AvgIpc) is 2.26. The molecule has 3 aromatic rings. The largest absolute Gasteiger partial charge is 0.315 e. The summed E-state index contributed by atoms with van der Waals surface area (Å²) >= 11 is 8.41. The highest BCUT2D eigenvalue weighted by Crippen LogP contribution is 2.21. The van der Waals surface area contributed by atoms with E-state index in [4.69, 9.17) is 12.2 Å². The van der Waals surface area contributed by atoms with Gasteiger partial charge in [-0.15, -0.1) is 0 Å². The number of benzene rings is 1. The number of aromatic nitrogens is 3. The Bertz CT molecular complexity index is 751. The van der Waals surface area contributed by atoms with Crippen LogP contribution in [0.5, 0.6) is 0 Å². The zero-order chi connectivity index (χ0) is 11.1. The summed E-state index contributed by atoms with van der Waals surface area (Å²) in [7, 11) is 0. The van der Waals surface area contributed by atoms with Gasteiger partial charge in [-0.05, 0) is 36.5 Å². The third-order valence-corrected chi connectivity index (χ3v) is 3.05. The second kappa shape index (κ2) is 3.61. The zero-order valence-corrected chi connectivity index (χ0v) is 10.5. The van der Waals surface area contributed by atoms with E-state index in [2.05, 4.69) is 30.9 Å². The van der Waals surface area contributed by atoms with E-state index in [-0.39, 0.29) is 0 Å². The smallest absolute Gasteiger partial charge is 0.198 e. The molecule has 1 N–H and O–H groups in total. The van der Waals surface area contributed by atoms with Crippen molar-refractivity contribution in [3.63, 3.8) is 0 Å². The first-order valence-electron chi connectivity index (χ1n) is 4.68. The Labute approximate surface area is 105 Å². The van der Waals surface area contributed by atoms with Crippen LogP contribution in [0.25, 0.3) is 21.9 Å². The number of rotatable bonds is 0. The highest BCUT2D eigenvalue weighted by Gasteiger charge is 2.00. The van der Waals surface area contributed by atoms with Crippen molar-refractivity contribution in [1.82, 2.24) is 15.0 Å². The van der Waals surface area contributed by atoms with E-state index in [9.17, 15) is 0 Å². The van der Waals surface area contributed by atoms with E-state index < -0.39 is 0 Å². The van der Waals surface area contributed by atoms with Crippen LogP contribution in [0.2, 0.25) is 0 Å². The molecule has 2 heterocycles. The highest BCUT2D eigenvalue weighted by atomic mass is 79.9. The van der Waals surface area contributed by atoms with Crippen LogP contribution in [0.1, 0.15) is 0 Å². The molecule has 0 spiro atoms. The van der Waals surface area contributed by atoms with Crippen LogP contribution in [-0.4, -0.2) is 15.0 Å². The lowest BCUT2D eigenvalue weighted by Gasteiger charge is -2.01. The summed E-state index contributed by atoms with van der Waals surface area (Å²) in [5.41, 5.74) is 1.71. The maximum Gasteiger partial charge on any atom is 0.198 e. The predicted octanol–water partition coefficient (Wildman–Crippen LogP) is 3.60. The molecule has 3 nitrogen and oxygen atoms in total. The van der Waals surface area contributed by atoms with Crippen molar-refractivity contribution < 1.29 is 0 Å². The van der Waals surface area contributed by atoms with E-state index in [1.54, 1.807) is 6.20 Å². The van der Waals surface area contributed by atoms with Gasteiger partial charge < -0.3 is 4.98 Å². The summed E-state index contributed by atoms with van der Waals surface area (Å²) in [6.45, 7) is 0. The molecule has 3 rings (SSSR count). The fraction of sp³-hybridized carbons (Fsp3) is 0. The lowest BCUT2D eigenvalue weighted by molar-refractivity contribution is 1.16. The van der Waals surface area contributed by atoms with Crippen molar-refractivity contribution >= 4 is 50.1 Å². The number of pyridine rings is 1. The Morgan fingerprint density at radius 3 is 2.94 bits per heavy atom. The first-order chi connectivity index (χ1) is 7.72. The van der Waals surface area contributed by atoms with Gasteiger partial charge in [0, 0.05) is 21.4 Å². The zero-order valence-electron chi connectivity index (χ0n) is 8.07. The normalized spacial score (nSPS) is 11.1. The summed E-state index contributed by atoms with van der Waals surface area (Å²) in [6, 6.07) is 8.01. The van der Waals surface area contributed by atoms with E-state index in [1.807, 2.05) is 24.3 Å². The van der Waals surface area contributed by atoms with Crippen molar-refractivity contribution in [2.24, 2.45) is 0 Å². The molecule has 0 amide bonds. The monoisotopic (exact) mass is 291 g/mol. The van der Waals surface area contributed by atoms with Gasteiger partial charge in [0.2, 0.25) is 0 Å². The third-order valence-electron chi connectivity index (χ3n) is 2.35. The molecule has 0 atom stereocenters. The standard InChI is InChI=1S/C11H6BrN3S/c12-8-1-2-9-6(4-8)3-7-5-13-11(16)15-10(7)14-9/h1-5H,(H,13,14,15,16). The first-order valence-corrected chi connectivity index (χ1v) is 5.88.